The van der Waals surface area contributed by atoms with Crippen LogP contribution in [0.2, 0.25) is 0 Å². The lowest BCUT2D eigenvalue weighted by Crippen LogP contribution is -2.22. The zero-order valence-electron chi connectivity index (χ0n) is 9.41. The van der Waals surface area contributed by atoms with Gasteiger partial charge in [-0.05, 0) is 30.5 Å². The molecule has 0 radical (unpaired) electrons. The van der Waals surface area contributed by atoms with Crippen LogP contribution in [0.1, 0.15) is 22.6 Å². The molecule has 0 saturated carbocycles. The molecule has 2 N–H and O–H groups in total. The van der Waals surface area contributed by atoms with Crippen molar-refractivity contribution in [1.29, 1.82) is 0 Å². The molecular weight excluding hydrogens is 190 g/mol. The fraction of sp³-hybridized carbons (Fsp3) is 0.417. The van der Waals surface area contributed by atoms with Crippen molar-refractivity contribution in [2.75, 3.05) is 13.7 Å². The molecule has 0 fully saturated rings. The summed E-state index contributed by atoms with van der Waals surface area (Å²) in [5.41, 5.74) is 8.86. The number of rotatable bonds is 3. The van der Waals surface area contributed by atoms with E-state index in [-0.39, 0.29) is 18.4 Å². The van der Waals surface area contributed by atoms with Crippen LogP contribution >= 0.6 is 0 Å². The maximum atomic E-state index is 11.4. The zero-order valence-corrected chi connectivity index (χ0v) is 9.41. The van der Waals surface area contributed by atoms with Gasteiger partial charge in [0, 0.05) is 6.54 Å². The molecule has 0 amide bonds. The molecule has 1 aromatic carbocycles. The van der Waals surface area contributed by atoms with Crippen molar-refractivity contribution >= 4 is 5.97 Å². The van der Waals surface area contributed by atoms with Crippen LogP contribution in [0.5, 0.6) is 0 Å². The fourth-order valence-electron chi connectivity index (χ4n) is 1.49. The van der Waals surface area contributed by atoms with Crippen LogP contribution in [0.15, 0.2) is 18.2 Å². The minimum atomic E-state index is -0.353. The Bertz CT molecular complexity index is 361. The normalized spacial score (nSPS) is 12.3. The summed E-state index contributed by atoms with van der Waals surface area (Å²) < 4.78 is 4.71. The Balaban J connectivity index is 3.02. The van der Waals surface area contributed by atoms with Gasteiger partial charge in [-0.1, -0.05) is 18.2 Å². The Morgan fingerprint density at radius 1 is 1.40 bits per heavy atom. The second-order valence-corrected chi connectivity index (χ2v) is 3.66. The van der Waals surface area contributed by atoms with Crippen LogP contribution in [-0.4, -0.2) is 19.6 Å². The Morgan fingerprint density at radius 3 is 2.53 bits per heavy atom. The summed E-state index contributed by atoms with van der Waals surface area (Å²) in [5.74, 6) is -0.630. The lowest BCUT2D eigenvalue weighted by molar-refractivity contribution is -0.142. The molecule has 82 valence electrons. The average molecular weight is 207 g/mol. The first kappa shape index (κ1) is 11.7. The highest BCUT2D eigenvalue weighted by Crippen LogP contribution is 2.19. The molecule has 0 aromatic heterocycles. The summed E-state index contributed by atoms with van der Waals surface area (Å²) in [7, 11) is 1.38. The van der Waals surface area contributed by atoms with Crippen molar-refractivity contribution in [3.8, 4) is 0 Å². The van der Waals surface area contributed by atoms with Crippen molar-refractivity contribution in [3.05, 3.63) is 34.9 Å². The Morgan fingerprint density at radius 2 is 2.07 bits per heavy atom. The highest BCUT2D eigenvalue weighted by Gasteiger charge is 2.19. The van der Waals surface area contributed by atoms with Crippen molar-refractivity contribution in [2.24, 2.45) is 5.73 Å². The molecule has 15 heavy (non-hydrogen) atoms. The first-order chi connectivity index (χ1) is 7.10. The smallest absolute Gasteiger partial charge is 0.314 e. The molecule has 0 aliphatic carbocycles. The molecule has 0 aliphatic rings. The van der Waals surface area contributed by atoms with E-state index >= 15 is 0 Å². The number of methoxy groups -OCH3 is 1. The first-order valence-corrected chi connectivity index (χ1v) is 4.95. The highest BCUT2D eigenvalue weighted by molar-refractivity contribution is 5.78. The van der Waals surface area contributed by atoms with Gasteiger partial charge in [0.25, 0.3) is 0 Å². The van der Waals surface area contributed by atoms with E-state index in [9.17, 15) is 4.79 Å². The van der Waals surface area contributed by atoms with E-state index in [4.69, 9.17) is 10.5 Å². The molecule has 1 atom stereocenters. The summed E-state index contributed by atoms with van der Waals surface area (Å²) in [6, 6.07) is 5.91. The predicted octanol–water partition coefficient (Wildman–Crippen LogP) is 1.52. The maximum absolute atomic E-state index is 11.4. The lowest BCUT2D eigenvalue weighted by Gasteiger charge is -2.13. The van der Waals surface area contributed by atoms with E-state index in [0.717, 1.165) is 11.1 Å². The van der Waals surface area contributed by atoms with Gasteiger partial charge in [0.1, 0.15) is 0 Å². The Labute approximate surface area is 90.2 Å². The van der Waals surface area contributed by atoms with Crippen LogP contribution in [0.3, 0.4) is 0 Å². The molecule has 1 aromatic rings. The lowest BCUT2D eigenvalue weighted by atomic mass is 9.96. The summed E-state index contributed by atoms with van der Waals surface area (Å²) in [5, 5.41) is 0. The van der Waals surface area contributed by atoms with E-state index in [2.05, 4.69) is 0 Å². The maximum Gasteiger partial charge on any atom is 0.314 e. The fourth-order valence-corrected chi connectivity index (χ4v) is 1.49. The molecule has 0 saturated heterocycles. The number of ether oxygens (including phenoxy) is 1. The Hall–Kier alpha value is -1.35. The van der Waals surface area contributed by atoms with Crippen molar-refractivity contribution in [3.63, 3.8) is 0 Å². The van der Waals surface area contributed by atoms with Crippen LogP contribution < -0.4 is 5.73 Å². The molecule has 3 heteroatoms. The number of benzene rings is 1. The van der Waals surface area contributed by atoms with Crippen LogP contribution in [-0.2, 0) is 9.53 Å². The molecule has 0 heterocycles. The highest BCUT2D eigenvalue weighted by atomic mass is 16.5. The van der Waals surface area contributed by atoms with Crippen LogP contribution in [0.25, 0.3) is 0 Å². The van der Waals surface area contributed by atoms with Gasteiger partial charge in [-0.25, -0.2) is 0 Å². The zero-order chi connectivity index (χ0) is 11.4. The molecule has 0 spiro atoms. The van der Waals surface area contributed by atoms with Gasteiger partial charge in [0.2, 0.25) is 0 Å². The second-order valence-electron chi connectivity index (χ2n) is 3.66. The van der Waals surface area contributed by atoms with Gasteiger partial charge in [0.05, 0.1) is 13.0 Å². The van der Waals surface area contributed by atoms with Crippen molar-refractivity contribution < 1.29 is 9.53 Å². The van der Waals surface area contributed by atoms with E-state index in [1.54, 1.807) is 0 Å². The van der Waals surface area contributed by atoms with Gasteiger partial charge in [-0.3, -0.25) is 4.79 Å². The number of carbonyl (C=O) groups is 1. The van der Waals surface area contributed by atoms with Gasteiger partial charge in [-0.15, -0.1) is 0 Å². The molecule has 0 bridgehead atoms. The number of hydrogen-bond acceptors (Lipinski definition) is 3. The molecule has 1 rings (SSSR count). The monoisotopic (exact) mass is 207 g/mol. The SMILES string of the molecule is COC(=O)C(CN)c1ccc(C)c(C)c1. The standard InChI is InChI=1S/C12H17NO2/c1-8-4-5-10(6-9(8)2)11(7-13)12(14)15-3/h4-6,11H,7,13H2,1-3H3. The summed E-state index contributed by atoms with van der Waals surface area (Å²) in [6.45, 7) is 4.33. The topological polar surface area (TPSA) is 52.3 Å². The van der Waals surface area contributed by atoms with Gasteiger partial charge < -0.3 is 10.5 Å². The van der Waals surface area contributed by atoms with Gasteiger partial charge in [0.15, 0.2) is 0 Å². The van der Waals surface area contributed by atoms with E-state index < -0.39 is 0 Å². The number of hydrogen-bond donors (Lipinski definition) is 1. The predicted molar refractivity (Wildman–Crippen MR) is 59.7 cm³/mol. The quantitative estimate of drug-likeness (QED) is 0.764. The van der Waals surface area contributed by atoms with Gasteiger partial charge in [-0.2, -0.15) is 0 Å². The van der Waals surface area contributed by atoms with E-state index in [1.165, 1.54) is 12.7 Å². The molecule has 0 aliphatic heterocycles. The summed E-state index contributed by atoms with van der Waals surface area (Å²) >= 11 is 0. The molecule has 3 nitrogen and oxygen atoms in total. The third-order valence-corrected chi connectivity index (χ3v) is 2.65. The number of aryl methyl sites for hydroxylation is 2. The van der Waals surface area contributed by atoms with Crippen LogP contribution in [0.4, 0.5) is 0 Å². The van der Waals surface area contributed by atoms with Gasteiger partial charge >= 0.3 is 5.97 Å². The summed E-state index contributed by atoms with van der Waals surface area (Å²) in [6.07, 6.45) is 0. The number of nitrogens with two attached hydrogens (primary N) is 1. The van der Waals surface area contributed by atoms with Crippen molar-refractivity contribution in [1.82, 2.24) is 0 Å². The van der Waals surface area contributed by atoms with E-state index in [1.807, 2.05) is 32.0 Å². The first-order valence-electron chi connectivity index (χ1n) is 4.95. The third-order valence-electron chi connectivity index (χ3n) is 2.65. The summed E-state index contributed by atoms with van der Waals surface area (Å²) in [4.78, 5) is 11.4. The minimum absolute atomic E-state index is 0.273. The largest absolute Gasteiger partial charge is 0.469 e. The van der Waals surface area contributed by atoms with E-state index in [0.29, 0.717) is 0 Å². The minimum Gasteiger partial charge on any atom is -0.469 e. The molecule has 1 unspecified atom stereocenters. The average Bonchev–Trinajstić information content (AvgIpc) is 2.24. The molecular formula is C12H17NO2. The number of esters is 1. The third kappa shape index (κ3) is 2.57. The number of carbonyl (C=O) groups excluding carboxylic acids is 1. The second kappa shape index (κ2) is 4.94. The van der Waals surface area contributed by atoms with Crippen LogP contribution in [0, 0.1) is 13.8 Å². The Kier molecular flexibility index (Phi) is 3.86. The van der Waals surface area contributed by atoms with Crippen molar-refractivity contribution in [2.45, 2.75) is 19.8 Å².